The molecule has 0 radical (unpaired) electrons. The molecule has 0 aliphatic heterocycles. The van der Waals surface area contributed by atoms with Gasteiger partial charge in [-0.05, 0) is 31.6 Å². The average Bonchev–Trinajstić information content (AvgIpc) is 2.60. The van der Waals surface area contributed by atoms with Crippen molar-refractivity contribution in [2.75, 3.05) is 24.2 Å². The molecule has 0 unspecified atom stereocenters. The maximum absolute atomic E-state index is 12.3. The Kier molecular flexibility index (Phi) is 8.31. The zero-order valence-corrected chi connectivity index (χ0v) is 16.9. The monoisotopic (exact) mass is 393 g/mol. The number of hydrogen-bond acceptors (Lipinski definition) is 5. The van der Waals surface area contributed by atoms with Crippen LogP contribution in [0.1, 0.15) is 37.0 Å². The lowest BCUT2D eigenvalue weighted by molar-refractivity contribution is 0.0696. The fraction of sp³-hybridized carbons (Fsp3) is 0.350. The third-order valence-electron chi connectivity index (χ3n) is 3.84. The van der Waals surface area contributed by atoms with Gasteiger partial charge >= 0.3 is 5.97 Å². The van der Waals surface area contributed by atoms with Crippen LogP contribution in [0, 0.1) is 0 Å². The second kappa shape index (κ2) is 9.97. The Morgan fingerprint density at radius 1 is 1.33 bits per heavy atom. The van der Waals surface area contributed by atoms with Gasteiger partial charge in [0.25, 0.3) is 0 Å². The molecule has 0 spiro atoms. The van der Waals surface area contributed by atoms with Crippen LogP contribution in [-0.4, -0.2) is 38.8 Å². The number of allylic oxidation sites excluding steroid dienone is 3. The summed E-state index contributed by atoms with van der Waals surface area (Å²) in [5.41, 5.74) is 0.305. The normalized spacial score (nSPS) is 11.4. The molecule has 0 fully saturated rings. The van der Waals surface area contributed by atoms with Gasteiger partial charge in [0.05, 0.1) is 11.3 Å². The molecule has 0 amide bonds. The van der Waals surface area contributed by atoms with Crippen LogP contribution in [-0.2, 0) is 9.84 Å². The van der Waals surface area contributed by atoms with Gasteiger partial charge in [0.2, 0.25) is 0 Å². The quantitative estimate of drug-likeness (QED) is 0.451. The predicted octanol–water partition coefficient (Wildman–Crippen LogP) is 4.05. The number of ether oxygens (including phenoxy) is 1. The Bertz CT molecular complexity index is 840. The van der Waals surface area contributed by atoms with Crippen LogP contribution in [0.2, 0.25) is 0 Å². The molecule has 0 saturated carbocycles. The lowest BCUT2D eigenvalue weighted by atomic mass is 10.1. The number of unbranched alkanes of at least 4 members (excludes halogenated alkanes) is 1. The first-order valence-corrected chi connectivity index (χ1v) is 10.6. The summed E-state index contributed by atoms with van der Waals surface area (Å²) >= 11 is 0. The number of carboxylic acid groups (broad SMARTS) is 1. The lowest BCUT2D eigenvalue weighted by Crippen LogP contribution is -2.25. The topological polar surface area (TPSA) is 83.9 Å². The summed E-state index contributed by atoms with van der Waals surface area (Å²) in [6.45, 7) is 12.5. The van der Waals surface area contributed by atoms with Crippen molar-refractivity contribution in [1.29, 1.82) is 0 Å². The van der Waals surface area contributed by atoms with E-state index in [4.69, 9.17) is 4.74 Å². The molecule has 1 N–H and O–H groups in total. The summed E-state index contributed by atoms with van der Waals surface area (Å²) in [6.07, 6.45) is 7.54. The highest BCUT2D eigenvalue weighted by Gasteiger charge is 2.25. The predicted molar refractivity (Wildman–Crippen MR) is 108 cm³/mol. The second-order valence-electron chi connectivity index (χ2n) is 6.00. The summed E-state index contributed by atoms with van der Waals surface area (Å²) in [5, 5.41) is 9.42. The minimum Gasteiger partial charge on any atom is -0.478 e. The third-order valence-corrected chi connectivity index (χ3v) is 4.94. The summed E-state index contributed by atoms with van der Waals surface area (Å²) in [4.78, 5) is 13.3. The number of rotatable bonds is 11. The van der Waals surface area contributed by atoms with Crippen molar-refractivity contribution in [3.8, 4) is 5.75 Å². The number of hydrogen-bond donors (Lipinski definition) is 1. The van der Waals surface area contributed by atoms with Crippen LogP contribution >= 0.6 is 0 Å². The van der Waals surface area contributed by atoms with E-state index in [2.05, 4.69) is 13.2 Å². The van der Waals surface area contributed by atoms with E-state index in [0.29, 0.717) is 18.8 Å². The van der Waals surface area contributed by atoms with Gasteiger partial charge in [0.1, 0.15) is 10.7 Å². The van der Waals surface area contributed by atoms with Crippen molar-refractivity contribution in [3.05, 3.63) is 54.8 Å². The molecule has 0 aromatic heterocycles. The Morgan fingerprint density at radius 2 is 2.00 bits per heavy atom. The van der Waals surface area contributed by atoms with Crippen LogP contribution in [0.25, 0.3) is 0 Å². The Morgan fingerprint density at radius 3 is 2.48 bits per heavy atom. The molecule has 0 atom stereocenters. The van der Waals surface area contributed by atoms with Crippen LogP contribution in [0.15, 0.2) is 54.2 Å². The van der Waals surface area contributed by atoms with Crippen molar-refractivity contribution in [2.45, 2.75) is 31.6 Å². The molecule has 0 heterocycles. The van der Waals surface area contributed by atoms with Gasteiger partial charge in [-0.3, -0.25) is 0 Å². The molecule has 6 nitrogen and oxygen atoms in total. The van der Waals surface area contributed by atoms with Gasteiger partial charge in [-0.15, -0.1) is 0 Å². The molecule has 148 valence electrons. The summed E-state index contributed by atoms with van der Waals surface area (Å²) in [6, 6.07) is 2.56. The zero-order chi connectivity index (χ0) is 20.6. The number of aromatic carboxylic acids is 1. The number of benzene rings is 1. The molecule has 1 aromatic carbocycles. The first-order chi connectivity index (χ1) is 12.6. The fourth-order valence-electron chi connectivity index (χ4n) is 2.46. The molecule has 7 heteroatoms. The highest BCUT2D eigenvalue weighted by atomic mass is 32.2. The lowest BCUT2D eigenvalue weighted by Gasteiger charge is -2.27. The molecule has 27 heavy (non-hydrogen) atoms. The van der Waals surface area contributed by atoms with Crippen molar-refractivity contribution < 1.29 is 23.1 Å². The van der Waals surface area contributed by atoms with Crippen LogP contribution in [0.3, 0.4) is 0 Å². The van der Waals surface area contributed by atoms with Crippen LogP contribution < -0.4 is 9.64 Å². The second-order valence-corrected chi connectivity index (χ2v) is 7.98. The van der Waals surface area contributed by atoms with E-state index in [1.807, 2.05) is 18.7 Å². The highest BCUT2D eigenvalue weighted by molar-refractivity contribution is 7.90. The Labute approximate surface area is 161 Å². The van der Waals surface area contributed by atoms with Gasteiger partial charge in [-0.25, -0.2) is 13.2 Å². The van der Waals surface area contributed by atoms with E-state index in [-0.39, 0.29) is 22.0 Å². The van der Waals surface area contributed by atoms with Crippen molar-refractivity contribution in [2.24, 2.45) is 0 Å². The molecular weight excluding hydrogens is 366 g/mol. The van der Waals surface area contributed by atoms with Gasteiger partial charge in [-0.1, -0.05) is 38.7 Å². The number of carboxylic acids is 1. The van der Waals surface area contributed by atoms with E-state index < -0.39 is 15.8 Å². The molecular formula is C20H27NO5S. The number of anilines is 1. The Hall–Kier alpha value is -2.54. The van der Waals surface area contributed by atoms with E-state index in [1.54, 1.807) is 18.2 Å². The number of carbonyl (C=O) groups is 1. The molecule has 1 aromatic rings. The molecule has 1 rings (SSSR count). The maximum atomic E-state index is 12.3. The van der Waals surface area contributed by atoms with E-state index >= 15 is 0 Å². The van der Waals surface area contributed by atoms with Gasteiger partial charge in [0, 0.05) is 19.3 Å². The van der Waals surface area contributed by atoms with Crippen molar-refractivity contribution in [1.82, 2.24) is 0 Å². The van der Waals surface area contributed by atoms with E-state index in [0.717, 1.165) is 25.2 Å². The van der Waals surface area contributed by atoms with Crippen molar-refractivity contribution >= 4 is 21.5 Å². The highest BCUT2D eigenvalue weighted by Crippen LogP contribution is 2.38. The first kappa shape index (κ1) is 22.5. The first-order valence-electron chi connectivity index (χ1n) is 8.67. The van der Waals surface area contributed by atoms with Crippen LogP contribution in [0.4, 0.5) is 5.69 Å². The van der Waals surface area contributed by atoms with Gasteiger partial charge < -0.3 is 14.7 Å². The zero-order valence-electron chi connectivity index (χ0n) is 16.1. The summed E-state index contributed by atoms with van der Waals surface area (Å²) in [5.74, 6) is -0.903. The summed E-state index contributed by atoms with van der Waals surface area (Å²) < 4.78 is 30.5. The maximum Gasteiger partial charge on any atom is 0.335 e. The van der Waals surface area contributed by atoms with E-state index in [9.17, 15) is 18.3 Å². The number of sulfone groups is 1. The van der Waals surface area contributed by atoms with Crippen LogP contribution in [0.5, 0.6) is 5.75 Å². The third kappa shape index (κ3) is 6.29. The largest absolute Gasteiger partial charge is 0.478 e. The van der Waals surface area contributed by atoms with Gasteiger partial charge in [-0.2, -0.15) is 0 Å². The fourth-order valence-corrected chi connectivity index (χ4v) is 3.29. The summed E-state index contributed by atoms with van der Waals surface area (Å²) in [7, 11) is -3.74. The van der Waals surface area contributed by atoms with Gasteiger partial charge in [0.15, 0.2) is 15.6 Å². The molecule has 0 saturated heterocycles. The average molecular weight is 394 g/mol. The van der Waals surface area contributed by atoms with Crippen molar-refractivity contribution in [3.63, 3.8) is 0 Å². The Balaban J connectivity index is 3.69. The minimum absolute atomic E-state index is 0.0826. The van der Waals surface area contributed by atoms with E-state index in [1.165, 1.54) is 6.07 Å². The standard InChI is InChI=1S/C20H27NO5S/c1-6-9-11-15(4)26-19-17(21(8-3)12-10-7-2)13-16(20(22)23)14-18(19)27(5,24)25/h6,9,11,13-14H,1,4,7-8,10,12H2,2-3,5H3,(H,22,23)/b11-9-. The minimum atomic E-state index is -3.74. The molecule has 0 aliphatic carbocycles. The number of nitrogens with zero attached hydrogens (tertiary/aromatic N) is 1. The smallest absolute Gasteiger partial charge is 0.335 e. The SMILES string of the molecule is C=C/C=C\C(=C)Oc1c(N(CC)CCCC)cc(C(=O)O)cc1S(C)(=O)=O. The molecule has 0 bridgehead atoms. The molecule has 0 aliphatic rings.